The maximum Gasteiger partial charge on any atom is 0.247 e. The fraction of sp³-hybridized carbons (Fsp3) is 0.300. The van der Waals surface area contributed by atoms with Gasteiger partial charge in [-0.15, -0.1) is 10.2 Å². The molecule has 0 radical (unpaired) electrons. The molecule has 0 spiro atoms. The Morgan fingerprint density at radius 2 is 1.52 bits per heavy atom. The molecule has 3 nitrogen and oxygen atoms in total. The molecule has 118 valence electrons. The molecule has 23 heavy (non-hydrogen) atoms. The van der Waals surface area contributed by atoms with Crippen LogP contribution in [0.2, 0.25) is 0 Å². The molecule has 1 heterocycles. The van der Waals surface area contributed by atoms with Crippen molar-refractivity contribution in [2.75, 3.05) is 0 Å². The summed E-state index contributed by atoms with van der Waals surface area (Å²) in [5.41, 5.74) is 3.59. The molecule has 0 atom stereocenters. The van der Waals surface area contributed by atoms with E-state index in [0.29, 0.717) is 5.89 Å². The van der Waals surface area contributed by atoms with Gasteiger partial charge in [0.2, 0.25) is 11.8 Å². The van der Waals surface area contributed by atoms with Gasteiger partial charge in [0.1, 0.15) is 0 Å². The number of unbranched alkanes of at least 4 members (excludes halogenated alkanes) is 2. The van der Waals surface area contributed by atoms with Crippen LogP contribution in [-0.4, -0.2) is 10.2 Å². The third-order valence-corrected chi connectivity index (χ3v) is 4.04. The van der Waals surface area contributed by atoms with E-state index >= 15 is 0 Å². The van der Waals surface area contributed by atoms with Crippen LogP contribution < -0.4 is 0 Å². The summed E-state index contributed by atoms with van der Waals surface area (Å²) in [5, 5.41) is 8.35. The minimum atomic E-state index is 0.627. The smallest absolute Gasteiger partial charge is 0.247 e. The Balaban J connectivity index is 1.46. The van der Waals surface area contributed by atoms with E-state index in [-0.39, 0.29) is 0 Å². The lowest BCUT2D eigenvalue weighted by molar-refractivity contribution is 0.490. The third kappa shape index (κ3) is 4.28. The van der Waals surface area contributed by atoms with E-state index in [4.69, 9.17) is 4.42 Å². The van der Waals surface area contributed by atoms with E-state index in [1.54, 1.807) is 0 Å². The average Bonchev–Trinajstić information content (AvgIpc) is 3.04. The van der Waals surface area contributed by atoms with Crippen LogP contribution in [0.4, 0.5) is 0 Å². The van der Waals surface area contributed by atoms with Crippen LogP contribution in [0.15, 0.2) is 59.0 Å². The second kappa shape index (κ2) is 7.73. The fourth-order valence-corrected chi connectivity index (χ4v) is 2.70. The highest BCUT2D eigenvalue weighted by Crippen LogP contribution is 2.22. The van der Waals surface area contributed by atoms with Crippen LogP contribution in [0.1, 0.15) is 36.3 Å². The van der Waals surface area contributed by atoms with E-state index in [1.807, 2.05) is 18.2 Å². The van der Waals surface area contributed by atoms with Crippen molar-refractivity contribution < 1.29 is 4.42 Å². The molecule has 3 heteroatoms. The summed E-state index contributed by atoms with van der Waals surface area (Å²) in [7, 11) is 0. The fourth-order valence-electron chi connectivity index (χ4n) is 2.70. The largest absolute Gasteiger partial charge is 0.421 e. The van der Waals surface area contributed by atoms with Gasteiger partial charge in [0, 0.05) is 12.0 Å². The lowest BCUT2D eigenvalue weighted by Crippen LogP contribution is -1.89. The first-order valence-electron chi connectivity index (χ1n) is 8.25. The molecule has 1 aromatic heterocycles. The molecule has 0 N–H and O–H groups in total. The summed E-state index contributed by atoms with van der Waals surface area (Å²) >= 11 is 0. The minimum absolute atomic E-state index is 0.627. The lowest BCUT2D eigenvalue weighted by atomic mass is 10.1. The van der Waals surface area contributed by atoms with Crippen molar-refractivity contribution in [3.05, 3.63) is 71.6 Å². The Kier molecular flexibility index (Phi) is 5.20. The van der Waals surface area contributed by atoms with Crippen LogP contribution in [-0.2, 0) is 12.8 Å². The zero-order chi connectivity index (χ0) is 15.9. The maximum atomic E-state index is 5.79. The molecule has 0 saturated carbocycles. The van der Waals surface area contributed by atoms with Gasteiger partial charge in [-0.3, -0.25) is 0 Å². The van der Waals surface area contributed by atoms with Gasteiger partial charge >= 0.3 is 0 Å². The van der Waals surface area contributed by atoms with E-state index in [2.05, 4.69) is 53.5 Å². The zero-order valence-electron chi connectivity index (χ0n) is 13.5. The SMILES string of the molecule is Cc1ccccc1-c1nnc(CCCCCc2ccccc2)o1. The number of benzene rings is 2. The molecule has 0 saturated heterocycles. The second-order valence-electron chi connectivity index (χ2n) is 5.86. The van der Waals surface area contributed by atoms with Crippen LogP contribution in [0.5, 0.6) is 0 Å². The molecule has 3 aromatic rings. The number of nitrogens with zero attached hydrogens (tertiary/aromatic N) is 2. The average molecular weight is 306 g/mol. The highest BCUT2D eigenvalue weighted by atomic mass is 16.4. The maximum absolute atomic E-state index is 5.79. The molecule has 0 bridgehead atoms. The van der Waals surface area contributed by atoms with Crippen molar-refractivity contribution in [1.29, 1.82) is 0 Å². The van der Waals surface area contributed by atoms with Gasteiger partial charge in [-0.25, -0.2) is 0 Å². The van der Waals surface area contributed by atoms with Crippen LogP contribution >= 0.6 is 0 Å². The molecular formula is C20H22N2O. The Bertz CT molecular complexity index is 734. The van der Waals surface area contributed by atoms with Crippen molar-refractivity contribution in [3.8, 4) is 11.5 Å². The Morgan fingerprint density at radius 3 is 2.35 bits per heavy atom. The minimum Gasteiger partial charge on any atom is -0.421 e. The number of rotatable bonds is 7. The van der Waals surface area contributed by atoms with Gasteiger partial charge in [-0.05, 0) is 43.4 Å². The third-order valence-electron chi connectivity index (χ3n) is 4.04. The molecule has 2 aromatic carbocycles. The van der Waals surface area contributed by atoms with Gasteiger partial charge in [-0.1, -0.05) is 55.0 Å². The van der Waals surface area contributed by atoms with Gasteiger partial charge in [0.25, 0.3) is 0 Å². The van der Waals surface area contributed by atoms with E-state index in [9.17, 15) is 0 Å². The van der Waals surface area contributed by atoms with E-state index in [1.165, 1.54) is 18.4 Å². The summed E-state index contributed by atoms with van der Waals surface area (Å²) in [6.45, 7) is 2.06. The van der Waals surface area contributed by atoms with E-state index < -0.39 is 0 Å². The Labute approximate surface area is 137 Å². The molecule has 0 aliphatic carbocycles. The van der Waals surface area contributed by atoms with Gasteiger partial charge in [0.15, 0.2) is 0 Å². The highest BCUT2D eigenvalue weighted by molar-refractivity contribution is 5.57. The molecule has 0 unspecified atom stereocenters. The predicted molar refractivity (Wildman–Crippen MR) is 92.2 cm³/mol. The molecule has 3 rings (SSSR count). The van der Waals surface area contributed by atoms with Crippen molar-refractivity contribution in [3.63, 3.8) is 0 Å². The quantitative estimate of drug-likeness (QED) is 0.577. The lowest BCUT2D eigenvalue weighted by Gasteiger charge is -2.01. The van der Waals surface area contributed by atoms with Crippen LogP contribution in [0.25, 0.3) is 11.5 Å². The van der Waals surface area contributed by atoms with Crippen molar-refractivity contribution in [1.82, 2.24) is 10.2 Å². The predicted octanol–water partition coefficient (Wildman–Crippen LogP) is 5.00. The summed E-state index contributed by atoms with van der Waals surface area (Å²) in [6, 6.07) is 18.7. The summed E-state index contributed by atoms with van der Waals surface area (Å²) in [4.78, 5) is 0. The Morgan fingerprint density at radius 1 is 0.783 bits per heavy atom. The zero-order valence-corrected chi connectivity index (χ0v) is 13.5. The molecule has 0 fully saturated rings. The first-order valence-corrected chi connectivity index (χ1v) is 8.25. The second-order valence-corrected chi connectivity index (χ2v) is 5.86. The standard InChI is InChI=1S/C20H22N2O/c1-16-10-8-9-14-18(16)20-22-21-19(23-20)15-7-3-6-13-17-11-4-2-5-12-17/h2,4-5,8-12,14H,3,6-7,13,15H2,1H3. The summed E-state index contributed by atoms with van der Waals surface area (Å²) in [6.07, 6.45) is 5.45. The number of hydrogen-bond acceptors (Lipinski definition) is 3. The van der Waals surface area contributed by atoms with Gasteiger partial charge < -0.3 is 4.42 Å². The normalized spacial score (nSPS) is 10.8. The Hall–Kier alpha value is -2.42. The molecular weight excluding hydrogens is 284 g/mol. The summed E-state index contributed by atoms with van der Waals surface area (Å²) in [5.74, 6) is 1.37. The van der Waals surface area contributed by atoms with Crippen molar-refractivity contribution in [2.45, 2.75) is 39.0 Å². The van der Waals surface area contributed by atoms with Gasteiger partial charge in [0.05, 0.1) is 0 Å². The monoisotopic (exact) mass is 306 g/mol. The number of aromatic nitrogens is 2. The molecule has 0 amide bonds. The highest BCUT2D eigenvalue weighted by Gasteiger charge is 2.10. The van der Waals surface area contributed by atoms with E-state index in [0.717, 1.165) is 36.3 Å². The van der Waals surface area contributed by atoms with Gasteiger partial charge in [-0.2, -0.15) is 0 Å². The first-order chi connectivity index (χ1) is 11.3. The topological polar surface area (TPSA) is 38.9 Å². The van der Waals surface area contributed by atoms with Crippen molar-refractivity contribution >= 4 is 0 Å². The number of hydrogen-bond donors (Lipinski definition) is 0. The first kappa shape index (κ1) is 15.5. The van der Waals surface area contributed by atoms with Crippen LogP contribution in [0.3, 0.4) is 0 Å². The summed E-state index contributed by atoms with van der Waals surface area (Å²) < 4.78 is 5.79. The van der Waals surface area contributed by atoms with Crippen LogP contribution in [0, 0.1) is 6.92 Å². The molecule has 0 aliphatic heterocycles. The van der Waals surface area contributed by atoms with Crippen molar-refractivity contribution in [2.24, 2.45) is 0 Å². The number of aryl methyl sites for hydroxylation is 3. The molecule has 0 aliphatic rings.